The second-order valence-electron chi connectivity index (χ2n) is 3.29. The van der Waals surface area contributed by atoms with Gasteiger partial charge in [0.05, 0.1) is 12.2 Å². The number of aliphatic hydroxyl groups is 2. The van der Waals surface area contributed by atoms with E-state index in [1.54, 1.807) is 12.2 Å². The summed E-state index contributed by atoms with van der Waals surface area (Å²) >= 11 is 0. The maximum Gasteiger partial charge on any atom is 0.0574 e. The zero-order valence-corrected chi connectivity index (χ0v) is 8.15. The van der Waals surface area contributed by atoms with E-state index >= 15 is 0 Å². The van der Waals surface area contributed by atoms with Crippen molar-refractivity contribution in [1.29, 1.82) is 0 Å². The fourth-order valence-corrected chi connectivity index (χ4v) is 1.21. The van der Waals surface area contributed by atoms with Gasteiger partial charge >= 0.3 is 0 Å². The Morgan fingerprint density at radius 1 is 0.923 bits per heavy atom. The summed E-state index contributed by atoms with van der Waals surface area (Å²) in [5.74, 6) is 0. The molecule has 0 saturated heterocycles. The second kappa shape index (κ2) is 8.02. The van der Waals surface area contributed by atoms with Crippen molar-refractivity contribution in [2.75, 3.05) is 0 Å². The summed E-state index contributed by atoms with van der Waals surface area (Å²) < 4.78 is 0. The van der Waals surface area contributed by atoms with Crippen LogP contribution in [0.4, 0.5) is 0 Å². The highest BCUT2D eigenvalue weighted by molar-refractivity contribution is 4.74. The number of rotatable bonds is 8. The molecule has 0 aromatic rings. The predicted octanol–water partition coefficient (Wildman–Crippen LogP) is 2.03. The molecule has 0 aliphatic rings. The average molecular weight is 184 g/mol. The van der Waals surface area contributed by atoms with Crippen molar-refractivity contribution in [3.05, 3.63) is 25.3 Å². The van der Waals surface area contributed by atoms with E-state index < -0.39 is 0 Å². The molecule has 0 aromatic carbocycles. The molecule has 2 nitrogen and oxygen atoms in total. The molecule has 13 heavy (non-hydrogen) atoms. The molecule has 2 heteroatoms. The third-order valence-corrected chi connectivity index (χ3v) is 1.95. The lowest BCUT2D eigenvalue weighted by Crippen LogP contribution is -2.09. The van der Waals surface area contributed by atoms with Crippen molar-refractivity contribution in [3.8, 4) is 0 Å². The fourth-order valence-electron chi connectivity index (χ4n) is 1.21. The van der Waals surface area contributed by atoms with Crippen molar-refractivity contribution in [2.24, 2.45) is 0 Å². The minimum atomic E-state index is -0.298. The van der Waals surface area contributed by atoms with E-state index in [2.05, 4.69) is 13.2 Å². The first-order valence-corrected chi connectivity index (χ1v) is 4.78. The summed E-state index contributed by atoms with van der Waals surface area (Å²) in [7, 11) is 0. The Morgan fingerprint density at radius 3 is 1.62 bits per heavy atom. The van der Waals surface area contributed by atoms with Crippen molar-refractivity contribution < 1.29 is 10.2 Å². The van der Waals surface area contributed by atoms with Gasteiger partial charge in [0.25, 0.3) is 0 Å². The Morgan fingerprint density at radius 2 is 1.31 bits per heavy atom. The molecule has 0 saturated carbocycles. The smallest absolute Gasteiger partial charge is 0.0574 e. The first-order valence-electron chi connectivity index (χ1n) is 4.78. The first-order chi connectivity index (χ1) is 6.20. The molecule has 0 rings (SSSR count). The summed E-state index contributed by atoms with van der Waals surface area (Å²) in [5, 5.41) is 18.6. The molecule has 0 aromatic heterocycles. The highest BCUT2D eigenvalue weighted by Gasteiger charge is 2.04. The van der Waals surface area contributed by atoms with Crippen LogP contribution in [0.1, 0.15) is 32.1 Å². The fraction of sp³-hybridized carbons (Fsp3) is 0.636. The molecule has 0 bridgehead atoms. The summed E-state index contributed by atoms with van der Waals surface area (Å²) in [6, 6.07) is 0. The van der Waals surface area contributed by atoms with Gasteiger partial charge in [-0.15, -0.1) is 13.2 Å². The Hall–Kier alpha value is -0.600. The standard InChI is InChI=1S/C11H20O2/c1-3-6-10(12)8-5-9-11(13)7-4-2/h3-4,10-13H,1-2,5-9H2. The lowest BCUT2D eigenvalue weighted by molar-refractivity contribution is 0.137. The largest absolute Gasteiger partial charge is 0.393 e. The van der Waals surface area contributed by atoms with Gasteiger partial charge in [0.15, 0.2) is 0 Å². The second-order valence-corrected chi connectivity index (χ2v) is 3.29. The monoisotopic (exact) mass is 184 g/mol. The van der Waals surface area contributed by atoms with Crippen LogP contribution in [-0.4, -0.2) is 22.4 Å². The molecule has 0 spiro atoms. The van der Waals surface area contributed by atoms with Gasteiger partial charge in [0.1, 0.15) is 0 Å². The maximum atomic E-state index is 9.32. The molecule has 0 aliphatic carbocycles. The molecule has 0 amide bonds. The molecule has 76 valence electrons. The van der Waals surface area contributed by atoms with Gasteiger partial charge in [-0.3, -0.25) is 0 Å². The predicted molar refractivity (Wildman–Crippen MR) is 55.5 cm³/mol. The van der Waals surface area contributed by atoms with E-state index in [4.69, 9.17) is 0 Å². The van der Waals surface area contributed by atoms with Crippen LogP contribution in [0.3, 0.4) is 0 Å². The van der Waals surface area contributed by atoms with E-state index in [9.17, 15) is 10.2 Å². The van der Waals surface area contributed by atoms with Gasteiger partial charge in [-0.2, -0.15) is 0 Å². The minimum absolute atomic E-state index is 0.298. The van der Waals surface area contributed by atoms with Crippen molar-refractivity contribution in [3.63, 3.8) is 0 Å². The van der Waals surface area contributed by atoms with Crippen molar-refractivity contribution >= 4 is 0 Å². The highest BCUT2D eigenvalue weighted by atomic mass is 16.3. The summed E-state index contributed by atoms with van der Waals surface area (Å²) in [6.45, 7) is 7.10. The molecule has 0 aliphatic heterocycles. The molecule has 2 N–H and O–H groups in total. The highest BCUT2D eigenvalue weighted by Crippen LogP contribution is 2.09. The van der Waals surface area contributed by atoms with Crippen LogP contribution in [0.25, 0.3) is 0 Å². The van der Waals surface area contributed by atoms with Crippen LogP contribution >= 0.6 is 0 Å². The summed E-state index contributed by atoms with van der Waals surface area (Å²) in [4.78, 5) is 0. The number of aliphatic hydroxyl groups excluding tert-OH is 2. The topological polar surface area (TPSA) is 40.5 Å². The Bertz CT molecular complexity index is 127. The number of hydrogen-bond donors (Lipinski definition) is 2. The zero-order chi connectivity index (χ0) is 10.1. The summed E-state index contributed by atoms with van der Waals surface area (Å²) in [6.07, 6.45) is 6.43. The van der Waals surface area contributed by atoms with Crippen molar-refractivity contribution in [2.45, 2.75) is 44.3 Å². The van der Waals surface area contributed by atoms with Gasteiger partial charge in [0, 0.05) is 0 Å². The van der Waals surface area contributed by atoms with Gasteiger partial charge in [-0.05, 0) is 32.1 Å². The zero-order valence-electron chi connectivity index (χ0n) is 8.15. The Balaban J connectivity index is 3.32. The van der Waals surface area contributed by atoms with Crippen molar-refractivity contribution in [1.82, 2.24) is 0 Å². The third-order valence-electron chi connectivity index (χ3n) is 1.95. The van der Waals surface area contributed by atoms with Crippen LogP contribution in [-0.2, 0) is 0 Å². The Kier molecular flexibility index (Phi) is 7.65. The van der Waals surface area contributed by atoms with Crippen LogP contribution in [0.2, 0.25) is 0 Å². The normalized spacial score (nSPS) is 14.9. The van der Waals surface area contributed by atoms with E-state index in [0.29, 0.717) is 12.8 Å². The maximum absolute atomic E-state index is 9.32. The van der Waals surface area contributed by atoms with Gasteiger partial charge < -0.3 is 10.2 Å². The van der Waals surface area contributed by atoms with Gasteiger partial charge in [0.2, 0.25) is 0 Å². The molecule has 0 fully saturated rings. The van der Waals surface area contributed by atoms with E-state index in [0.717, 1.165) is 19.3 Å². The molecular weight excluding hydrogens is 164 g/mol. The molecule has 0 heterocycles. The van der Waals surface area contributed by atoms with Gasteiger partial charge in [-0.25, -0.2) is 0 Å². The van der Waals surface area contributed by atoms with E-state index in [-0.39, 0.29) is 12.2 Å². The molecule has 2 atom stereocenters. The van der Waals surface area contributed by atoms with Crippen LogP contribution in [0.5, 0.6) is 0 Å². The summed E-state index contributed by atoms with van der Waals surface area (Å²) in [5.41, 5.74) is 0. The lowest BCUT2D eigenvalue weighted by Gasteiger charge is -2.10. The van der Waals surface area contributed by atoms with Crippen LogP contribution < -0.4 is 0 Å². The lowest BCUT2D eigenvalue weighted by atomic mass is 10.1. The molecule has 2 unspecified atom stereocenters. The van der Waals surface area contributed by atoms with Gasteiger partial charge in [-0.1, -0.05) is 12.2 Å². The SMILES string of the molecule is C=CCC(O)CCCC(O)CC=C. The van der Waals surface area contributed by atoms with E-state index in [1.165, 1.54) is 0 Å². The average Bonchev–Trinajstić information content (AvgIpc) is 2.05. The van der Waals surface area contributed by atoms with Crippen LogP contribution in [0, 0.1) is 0 Å². The van der Waals surface area contributed by atoms with E-state index in [1.807, 2.05) is 0 Å². The first kappa shape index (κ1) is 12.4. The molecular formula is C11H20O2. The van der Waals surface area contributed by atoms with Crippen LogP contribution in [0.15, 0.2) is 25.3 Å². The number of hydrogen-bond acceptors (Lipinski definition) is 2. The third kappa shape index (κ3) is 7.75. The Labute approximate surface area is 80.6 Å². The molecule has 0 radical (unpaired) electrons. The minimum Gasteiger partial charge on any atom is -0.393 e. The quantitative estimate of drug-likeness (QED) is 0.567.